The van der Waals surface area contributed by atoms with Gasteiger partial charge in [-0.2, -0.15) is 0 Å². The number of aryl methyl sites for hydroxylation is 1. The lowest BCUT2D eigenvalue weighted by Crippen LogP contribution is -2.33. The second kappa shape index (κ2) is 7.64. The topological polar surface area (TPSA) is 63.1 Å². The number of nitrogens with zero attached hydrogens (tertiary/aromatic N) is 1. The van der Waals surface area contributed by atoms with Gasteiger partial charge in [-0.15, -0.1) is 0 Å². The Morgan fingerprint density at radius 3 is 2.31 bits per heavy atom. The van der Waals surface area contributed by atoms with Gasteiger partial charge in [0.25, 0.3) is 11.8 Å². The molecular formula is C24H21N3O2. The van der Waals surface area contributed by atoms with E-state index in [0.29, 0.717) is 5.56 Å². The molecule has 0 bridgehead atoms. The molecule has 0 aliphatic carbocycles. The van der Waals surface area contributed by atoms with Gasteiger partial charge in [0.2, 0.25) is 0 Å². The van der Waals surface area contributed by atoms with Crippen molar-refractivity contribution in [1.82, 2.24) is 15.2 Å². The molecule has 2 N–H and O–H groups in total. The average molecular weight is 383 g/mol. The number of para-hydroxylation sites is 1. The van der Waals surface area contributed by atoms with Crippen molar-refractivity contribution in [1.29, 1.82) is 0 Å². The molecule has 0 spiro atoms. The summed E-state index contributed by atoms with van der Waals surface area (Å²) in [5.41, 5.74) is 3.78. The van der Waals surface area contributed by atoms with Gasteiger partial charge in [0, 0.05) is 41.5 Å². The third-order valence-electron chi connectivity index (χ3n) is 5.00. The van der Waals surface area contributed by atoms with Crippen LogP contribution in [0, 0.1) is 0 Å². The first-order valence-corrected chi connectivity index (χ1v) is 9.36. The SMILES string of the molecule is CNC(=O)/C(=C\c1ccc2c(c1)c1ccccc1n2C)NC(=O)c1ccccc1. The fourth-order valence-electron chi connectivity index (χ4n) is 3.52. The number of likely N-dealkylation sites (N-methyl/N-ethyl adjacent to an activating group) is 1. The minimum absolute atomic E-state index is 0.195. The summed E-state index contributed by atoms with van der Waals surface area (Å²) in [6.45, 7) is 0. The number of hydrogen-bond acceptors (Lipinski definition) is 2. The second-order valence-corrected chi connectivity index (χ2v) is 6.81. The summed E-state index contributed by atoms with van der Waals surface area (Å²) in [5.74, 6) is -0.681. The molecule has 1 heterocycles. The maximum Gasteiger partial charge on any atom is 0.267 e. The van der Waals surface area contributed by atoms with E-state index in [0.717, 1.165) is 27.4 Å². The number of benzene rings is 3. The first-order chi connectivity index (χ1) is 14.1. The highest BCUT2D eigenvalue weighted by molar-refractivity contribution is 6.09. The Labute approximate surface area is 168 Å². The third kappa shape index (κ3) is 3.50. The molecule has 0 unspecified atom stereocenters. The largest absolute Gasteiger partial charge is 0.354 e. The quantitative estimate of drug-likeness (QED) is 0.526. The Balaban J connectivity index is 1.76. The van der Waals surface area contributed by atoms with Gasteiger partial charge < -0.3 is 15.2 Å². The van der Waals surface area contributed by atoms with E-state index >= 15 is 0 Å². The highest BCUT2D eigenvalue weighted by Crippen LogP contribution is 2.29. The van der Waals surface area contributed by atoms with E-state index in [-0.39, 0.29) is 17.5 Å². The summed E-state index contributed by atoms with van der Waals surface area (Å²) in [5, 5.41) is 7.56. The number of amides is 2. The lowest BCUT2D eigenvalue weighted by molar-refractivity contribution is -0.117. The number of carbonyl (C=O) groups is 2. The molecule has 29 heavy (non-hydrogen) atoms. The van der Waals surface area contributed by atoms with Crippen molar-refractivity contribution in [2.75, 3.05) is 7.05 Å². The summed E-state index contributed by atoms with van der Waals surface area (Å²) in [6, 6.07) is 23.0. The van der Waals surface area contributed by atoms with Gasteiger partial charge >= 0.3 is 0 Å². The molecule has 144 valence electrons. The fraction of sp³-hybridized carbons (Fsp3) is 0.0833. The fourth-order valence-corrected chi connectivity index (χ4v) is 3.52. The molecular weight excluding hydrogens is 362 g/mol. The van der Waals surface area contributed by atoms with Crippen molar-refractivity contribution >= 4 is 39.7 Å². The number of nitrogens with one attached hydrogen (secondary N) is 2. The van der Waals surface area contributed by atoms with Crippen LogP contribution >= 0.6 is 0 Å². The molecule has 3 aromatic carbocycles. The molecule has 4 rings (SSSR count). The standard InChI is InChI=1S/C24H21N3O2/c1-25-24(29)20(26-23(28)17-8-4-3-5-9-17)15-16-12-13-22-19(14-16)18-10-6-7-11-21(18)27(22)2/h3-15H,1-2H3,(H,25,29)(H,26,28)/b20-15+. The van der Waals surface area contributed by atoms with E-state index in [1.807, 2.05) is 43.4 Å². The molecule has 5 nitrogen and oxygen atoms in total. The van der Waals surface area contributed by atoms with Crippen LogP contribution in [0.5, 0.6) is 0 Å². The Morgan fingerprint density at radius 1 is 0.862 bits per heavy atom. The molecule has 0 atom stereocenters. The second-order valence-electron chi connectivity index (χ2n) is 6.81. The normalized spacial score (nSPS) is 11.6. The first-order valence-electron chi connectivity index (χ1n) is 9.36. The van der Waals surface area contributed by atoms with Crippen LogP contribution < -0.4 is 10.6 Å². The number of aromatic nitrogens is 1. The lowest BCUT2D eigenvalue weighted by Gasteiger charge is -2.09. The summed E-state index contributed by atoms with van der Waals surface area (Å²) >= 11 is 0. The summed E-state index contributed by atoms with van der Waals surface area (Å²) in [6.07, 6.45) is 1.70. The summed E-state index contributed by atoms with van der Waals surface area (Å²) in [4.78, 5) is 24.9. The zero-order chi connectivity index (χ0) is 20.4. The summed E-state index contributed by atoms with van der Waals surface area (Å²) in [7, 11) is 3.58. The van der Waals surface area contributed by atoms with Crippen molar-refractivity contribution in [2.24, 2.45) is 7.05 Å². The highest BCUT2D eigenvalue weighted by atomic mass is 16.2. The number of rotatable bonds is 4. The predicted molar refractivity (Wildman–Crippen MR) is 116 cm³/mol. The van der Waals surface area contributed by atoms with Crippen molar-refractivity contribution in [3.05, 3.63) is 89.6 Å². The number of hydrogen-bond donors (Lipinski definition) is 2. The zero-order valence-corrected chi connectivity index (χ0v) is 16.3. The maximum absolute atomic E-state index is 12.5. The molecule has 0 aliphatic rings. The van der Waals surface area contributed by atoms with Crippen LogP contribution in [0.1, 0.15) is 15.9 Å². The molecule has 0 aliphatic heterocycles. The van der Waals surface area contributed by atoms with Crippen LogP contribution in [0.2, 0.25) is 0 Å². The van der Waals surface area contributed by atoms with E-state index in [1.54, 1.807) is 37.4 Å². The Hall–Kier alpha value is -3.86. The predicted octanol–water partition coefficient (Wildman–Crippen LogP) is 3.85. The monoisotopic (exact) mass is 383 g/mol. The van der Waals surface area contributed by atoms with Gasteiger partial charge in [-0.3, -0.25) is 9.59 Å². The molecule has 2 amide bonds. The first kappa shape index (κ1) is 18.5. The third-order valence-corrected chi connectivity index (χ3v) is 5.00. The van der Waals surface area contributed by atoms with Crippen LogP contribution in [0.15, 0.2) is 78.5 Å². The van der Waals surface area contributed by atoms with Gasteiger partial charge in [-0.25, -0.2) is 0 Å². The van der Waals surface area contributed by atoms with Crippen LogP contribution in [-0.2, 0) is 11.8 Å². The minimum atomic E-state index is -0.354. The van der Waals surface area contributed by atoms with Gasteiger partial charge in [0.1, 0.15) is 5.70 Å². The van der Waals surface area contributed by atoms with Gasteiger partial charge in [-0.05, 0) is 42.0 Å². The van der Waals surface area contributed by atoms with Gasteiger partial charge in [0.05, 0.1) is 0 Å². The van der Waals surface area contributed by atoms with Crippen molar-refractivity contribution < 1.29 is 9.59 Å². The van der Waals surface area contributed by atoms with E-state index in [1.165, 1.54) is 0 Å². The van der Waals surface area contributed by atoms with Crippen LogP contribution in [0.4, 0.5) is 0 Å². The highest BCUT2D eigenvalue weighted by Gasteiger charge is 2.14. The minimum Gasteiger partial charge on any atom is -0.354 e. The average Bonchev–Trinajstić information content (AvgIpc) is 3.05. The van der Waals surface area contributed by atoms with Crippen LogP contribution in [0.3, 0.4) is 0 Å². The molecule has 5 heteroatoms. The number of carbonyl (C=O) groups excluding carboxylic acids is 2. The van der Waals surface area contributed by atoms with Crippen molar-refractivity contribution in [3.63, 3.8) is 0 Å². The van der Waals surface area contributed by atoms with Crippen molar-refractivity contribution in [3.8, 4) is 0 Å². The van der Waals surface area contributed by atoms with Gasteiger partial charge in [-0.1, -0.05) is 42.5 Å². The Morgan fingerprint density at radius 2 is 1.55 bits per heavy atom. The van der Waals surface area contributed by atoms with E-state index < -0.39 is 0 Å². The molecule has 1 aromatic heterocycles. The molecule has 0 saturated heterocycles. The zero-order valence-electron chi connectivity index (χ0n) is 16.3. The van der Waals surface area contributed by atoms with E-state index in [4.69, 9.17) is 0 Å². The van der Waals surface area contributed by atoms with Gasteiger partial charge in [0.15, 0.2) is 0 Å². The molecule has 0 saturated carbocycles. The van der Waals surface area contributed by atoms with E-state index in [9.17, 15) is 9.59 Å². The number of fused-ring (bicyclic) bond motifs is 3. The van der Waals surface area contributed by atoms with E-state index in [2.05, 4.69) is 27.3 Å². The summed E-state index contributed by atoms with van der Waals surface area (Å²) < 4.78 is 2.15. The molecule has 0 fully saturated rings. The maximum atomic E-state index is 12.5. The Kier molecular flexibility index (Phi) is 4.87. The Bertz CT molecular complexity index is 1250. The van der Waals surface area contributed by atoms with Crippen LogP contribution in [-0.4, -0.2) is 23.4 Å². The van der Waals surface area contributed by atoms with Crippen LogP contribution in [0.25, 0.3) is 27.9 Å². The molecule has 4 aromatic rings. The lowest BCUT2D eigenvalue weighted by atomic mass is 10.1. The smallest absolute Gasteiger partial charge is 0.267 e. The molecule has 0 radical (unpaired) electrons. The van der Waals surface area contributed by atoms with Crippen molar-refractivity contribution in [2.45, 2.75) is 0 Å².